The van der Waals surface area contributed by atoms with E-state index in [1.807, 2.05) is 19.9 Å². The molecule has 0 bridgehead atoms. The molecule has 0 fully saturated rings. The number of nitrogens with one attached hydrogen (secondary N) is 1. The van der Waals surface area contributed by atoms with Gasteiger partial charge in [-0.1, -0.05) is 23.9 Å². The molecule has 0 aliphatic carbocycles. The molecule has 0 unspecified atom stereocenters. The molecule has 148 valence electrons. The summed E-state index contributed by atoms with van der Waals surface area (Å²) >= 11 is 1.22. The molecule has 1 N–H and O–H groups in total. The summed E-state index contributed by atoms with van der Waals surface area (Å²) in [5.41, 5.74) is 4.65. The van der Waals surface area contributed by atoms with Crippen molar-refractivity contribution in [3.05, 3.63) is 69.7 Å². The zero-order valence-electron chi connectivity index (χ0n) is 15.7. The van der Waals surface area contributed by atoms with Crippen LogP contribution in [0.3, 0.4) is 0 Å². The number of aryl methyl sites for hydroxylation is 2. The van der Waals surface area contributed by atoms with E-state index in [2.05, 4.69) is 20.5 Å². The highest BCUT2D eigenvalue weighted by Gasteiger charge is 2.10. The maximum Gasteiger partial charge on any atom is 0.270 e. The molecule has 0 aliphatic heterocycles. The van der Waals surface area contributed by atoms with Gasteiger partial charge >= 0.3 is 0 Å². The van der Waals surface area contributed by atoms with Crippen LogP contribution in [0.15, 0.2) is 57.1 Å². The van der Waals surface area contributed by atoms with Crippen LogP contribution in [0, 0.1) is 24.0 Å². The van der Waals surface area contributed by atoms with Crippen LogP contribution in [-0.4, -0.2) is 32.8 Å². The smallest absolute Gasteiger partial charge is 0.270 e. The van der Waals surface area contributed by atoms with E-state index >= 15 is 0 Å². The first kappa shape index (κ1) is 20.2. The number of hydrazone groups is 1. The number of non-ortho nitro benzene ring substituents is 1. The molecule has 2 aromatic heterocycles. The third-order valence-corrected chi connectivity index (χ3v) is 4.49. The quantitative estimate of drug-likeness (QED) is 0.207. The Hall–Kier alpha value is -3.53. The van der Waals surface area contributed by atoms with Crippen LogP contribution in [-0.2, 0) is 4.79 Å². The van der Waals surface area contributed by atoms with E-state index in [0.29, 0.717) is 22.2 Å². The molecule has 9 nitrogen and oxygen atoms in total. The first-order chi connectivity index (χ1) is 13.9. The van der Waals surface area contributed by atoms with Crippen molar-refractivity contribution in [1.29, 1.82) is 0 Å². The zero-order valence-corrected chi connectivity index (χ0v) is 16.5. The minimum atomic E-state index is -0.467. The average molecular weight is 411 g/mol. The van der Waals surface area contributed by atoms with Crippen molar-refractivity contribution < 1.29 is 14.1 Å². The molecule has 0 radical (unpaired) electrons. The molecule has 3 aromatic rings. The summed E-state index contributed by atoms with van der Waals surface area (Å²) in [6.07, 6.45) is 1.36. The summed E-state index contributed by atoms with van der Waals surface area (Å²) < 4.78 is 5.59. The number of carbonyl (C=O) groups is 1. The fourth-order valence-corrected chi connectivity index (χ4v) is 3.18. The van der Waals surface area contributed by atoms with E-state index in [9.17, 15) is 14.9 Å². The van der Waals surface area contributed by atoms with Crippen molar-refractivity contribution in [3.8, 4) is 11.3 Å². The van der Waals surface area contributed by atoms with Gasteiger partial charge in [-0.2, -0.15) is 5.10 Å². The lowest BCUT2D eigenvalue weighted by molar-refractivity contribution is -0.384. The normalized spacial score (nSPS) is 11.0. The summed E-state index contributed by atoms with van der Waals surface area (Å²) in [6, 6.07) is 11.3. The van der Waals surface area contributed by atoms with Gasteiger partial charge in [0.15, 0.2) is 5.16 Å². The standard InChI is InChI=1S/C19H17N5O4S/c1-12-8-13(2)22-19(21-12)29-11-18(25)23-20-10-16-6-7-17(28-16)14-4-3-5-15(9-14)24(26)27/h3-10H,11H2,1-2H3,(H,23,25)/b20-10-. The number of nitrogens with zero attached hydrogens (tertiary/aromatic N) is 4. The minimum absolute atomic E-state index is 0.0216. The summed E-state index contributed by atoms with van der Waals surface area (Å²) in [5.74, 6) is 0.678. The molecule has 10 heteroatoms. The van der Waals surface area contributed by atoms with Crippen molar-refractivity contribution in [2.45, 2.75) is 19.0 Å². The zero-order chi connectivity index (χ0) is 20.8. The Kier molecular flexibility index (Phi) is 6.35. The maximum atomic E-state index is 11.9. The largest absolute Gasteiger partial charge is 0.455 e. The third kappa shape index (κ3) is 5.72. The van der Waals surface area contributed by atoms with Gasteiger partial charge in [0.2, 0.25) is 0 Å². The number of thioether (sulfide) groups is 1. The highest BCUT2D eigenvalue weighted by Crippen LogP contribution is 2.25. The van der Waals surface area contributed by atoms with Crippen molar-refractivity contribution in [3.63, 3.8) is 0 Å². The first-order valence-electron chi connectivity index (χ1n) is 8.52. The molecule has 1 amide bonds. The Labute approximate surface area is 170 Å². The molecule has 0 aliphatic rings. The Balaban J connectivity index is 1.55. The molecule has 3 rings (SSSR count). The lowest BCUT2D eigenvalue weighted by Gasteiger charge is -2.02. The minimum Gasteiger partial charge on any atom is -0.455 e. The van der Waals surface area contributed by atoms with Gasteiger partial charge in [0.25, 0.3) is 11.6 Å². The summed E-state index contributed by atoms with van der Waals surface area (Å²) in [7, 11) is 0. The summed E-state index contributed by atoms with van der Waals surface area (Å²) in [5, 5.41) is 15.3. The number of carbonyl (C=O) groups excluding carboxylic acids is 1. The van der Waals surface area contributed by atoms with E-state index in [0.717, 1.165) is 11.4 Å². The molecular formula is C19H17N5O4S. The van der Waals surface area contributed by atoms with E-state index in [-0.39, 0.29) is 17.3 Å². The number of benzene rings is 1. The van der Waals surface area contributed by atoms with E-state index < -0.39 is 4.92 Å². The number of hydrogen-bond donors (Lipinski definition) is 1. The molecule has 1 aromatic carbocycles. The van der Waals surface area contributed by atoms with Crippen LogP contribution >= 0.6 is 11.8 Å². The third-order valence-electron chi connectivity index (χ3n) is 3.64. The Morgan fingerprint density at radius 2 is 2.00 bits per heavy atom. The van der Waals surface area contributed by atoms with Crippen LogP contribution in [0.5, 0.6) is 0 Å². The molecule has 0 saturated carbocycles. The highest BCUT2D eigenvalue weighted by atomic mass is 32.2. The molecule has 0 atom stereocenters. The molecule has 0 spiro atoms. The SMILES string of the molecule is Cc1cc(C)nc(SCC(=O)N/N=C\c2ccc(-c3cccc([N+](=O)[O-])c3)o2)n1. The topological polar surface area (TPSA) is 124 Å². The van der Waals surface area contributed by atoms with Gasteiger partial charge in [-0.25, -0.2) is 15.4 Å². The average Bonchev–Trinajstić information content (AvgIpc) is 3.15. The van der Waals surface area contributed by atoms with E-state index in [1.165, 1.54) is 30.1 Å². The predicted molar refractivity (Wildman–Crippen MR) is 109 cm³/mol. The highest BCUT2D eigenvalue weighted by molar-refractivity contribution is 7.99. The molecule has 0 saturated heterocycles. The summed E-state index contributed by atoms with van der Waals surface area (Å²) in [6.45, 7) is 3.74. The number of nitro groups is 1. The van der Waals surface area contributed by atoms with Gasteiger partial charge < -0.3 is 4.42 Å². The van der Waals surface area contributed by atoms with E-state index in [1.54, 1.807) is 24.3 Å². The van der Waals surface area contributed by atoms with Crippen molar-refractivity contribution in [2.75, 3.05) is 5.75 Å². The summed E-state index contributed by atoms with van der Waals surface area (Å²) in [4.78, 5) is 30.8. The second-order valence-electron chi connectivity index (χ2n) is 6.02. The lowest BCUT2D eigenvalue weighted by atomic mass is 10.1. The van der Waals surface area contributed by atoms with Crippen LogP contribution in [0.25, 0.3) is 11.3 Å². The van der Waals surface area contributed by atoms with Gasteiger partial charge in [0, 0.05) is 29.1 Å². The van der Waals surface area contributed by atoms with Crippen molar-refractivity contribution in [2.24, 2.45) is 5.10 Å². The van der Waals surface area contributed by atoms with Crippen LogP contribution in [0.4, 0.5) is 5.69 Å². The number of rotatable bonds is 7. The fraction of sp³-hybridized carbons (Fsp3) is 0.158. The van der Waals surface area contributed by atoms with Gasteiger partial charge in [-0.3, -0.25) is 14.9 Å². The molecule has 2 heterocycles. The second-order valence-corrected chi connectivity index (χ2v) is 6.97. The molecular weight excluding hydrogens is 394 g/mol. The lowest BCUT2D eigenvalue weighted by Crippen LogP contribution is -2.19. The van der Waals surface area contributed by atoms with Crippen LogP contribution in [0.2, 0.25) is 0 Å². The number of aromatic nitrogens is 2. The maximum absolute atomic E-state index is 11.9. The van der Waals surface area contributed by atoms with Crippen molar-refractivity contribution in [1.82, 2.24) is 15.4 Å². The molecule has 29 heavy (non-hydrogen) atoms. The Bertz CT molecular complexity index is 1060. The predicted octanol–water partition coefficient (Wildman–Crippen LogP) is 3.50. The second kappa shape index (κ2) is 9.11. The van der Waals surface area contributed by atoms with Gasteiger partial charge in [0.1, 0.15) is 11.5 Å². The number of furan rings is 1. The fourth-order valence-electron chi connectivity index (χ4n) is 2.44. The van der Waals surface area contributed by atoms with Gasteiger partial charge in [0.05, 0.1) is 16.9 Å². The number of hydrogen-bond acceptors (Lipinski definition) is 8. The first-order valence-corrected chi connectivity index (χ1v) is 9.51. The van der Waals surface area contributed by atoms with Crippen LogP contribution < -0.4 is 5.43 Å². The van der Waals surface area contributed by atoms with Crippen LogP contribution in [0.1, 0.15) is 17.1 Å². The number of nitro benzene ring substituents is 1. The van der Waals surface area contributed by atoms with Gasteiger partial charge in [-0.05, 0) is 32.0 Å². The van der Waals surface area contributed by atoms with Gasteiger partial charge in [-0.15, -0.1) is 0 Å². The van der Waals surface area contributed by atoms with Crippen molar-refractivity contribution >= 4 is 29.6 Å². The number of amides is 1. The Morgan fingerprint density at radius 3 is 2.72 bits per heavy atom. The Morgan fingerprint density at radius 1 is 1.24 bits per heavy atom. The van der Waals surface area contributed by atoms with E-state index in [4.69, 9.17) is 4.42 Å². The monoisotopic (exact) mass is 411 g/mol.